The van der Waals surface area contributed by atoms with E-state index in [-0.39, 0.29) is 42.8 Å². The Balaban J connectivity index is 1.42. The fourth-order valence-corrected chi connectivity index (χ4v) is 3.21. The van der Waals surface area contributed by atoms with Crippen molar-refractivity contribution in [2.75, 3.05) is 24.5 Å². The molecule has 0 saturated carbocycles. The predicted molar refractivity (Wildman–Crippen MR) is 105 cm³/mol. The van der Waals surface area contributed by atoms with Crippen LogP contribution in [-0.4, -0.2) is 42.5 Å². The molecule has 1 fully saturated rings. The number of amides is 3. The Kier molecular flexibility index (Phi) is 6.61. The zero-order valence-corrected chi connectivity index (χ0v) is 16.0. The highest BCUT2D eigenvalue weighted by atomic mass is 19.1. The van der Waals surface area contributed by atoms with Gasteiger partial charge in [-0.25, -0.2) is 8.78 Å². The highest BCUT2D eigenvalue weighted by Crippen LogP contribution is 2.28. The van der Waals surface area contributed by atoms with Crippen LogP contribution in [0.5, 0.6) is 5.75 Å². The number of anilines is 1. The summed E-state index contributed by atoms with van der Waals surface area (Å²) in [6.07, 6.45) is 0.407. The average Bonchev–Trinajstić information content (AvgIpc) is 3.09. The molecule has 0 aliphatic carbocycles. The topological polar surface area (TPSA) is 98.7 Å². The minimum Gasteiger partial charge on any atom is -0.508 e. The summed E-state index contributed by atoms with van der Waals surface area (Å²) in [6, 6.07) is 8.89. The SMILES string of the molecule is O=C(NCCCNC(=O)C1CC(=O)N(c2ccc(F)cc2F)C1)c1cccc(O)c1. The van der Waals surface area contributed by atoms with Gasteiger partial charge in [0.2, 0.25) is 11.8 Å². The molecule has 0 radical (unpaired) electrons. The van der Waals surface area contributed by atoms with Gasteiger partial charge in [0.1, 0.15) is 17.4 Å². The number of benzene rings is 2. The molecule has 30 heavy (non-hydrogen) atoms. The molecule has 3 amide bonds. The van der Waals surface area contributed by atoms with Crippen LogP contribution in [-0.2, 0) is 9.59 Å². The van der Waals surface area contributed by atoms with Gasteiger partial charge in [0.25, 0.3) is 5.91 Å². The van der Waals surface area contributed by atoms with E-state index in [0.717, 1.165) is 11.0 Å². The lowest BCUT2D eigenvalue weighted by Crippen LogP contribution is -2.35. The van der Waals surface area contributed by atoms with Crippen LogP contribution in [0.25, 0.3) is 0 Å². The highest BCUT2D eigenvalue weighted by Gasteiger charge is 2.36. The number of rotatable bonds is 7. The van der Waals surface area contributed by atoms with E-state index in [0.29, 0.717) is 24.6 Å². The zero-order chi connectivity index (χ0) is 21.7. The van der Waals surface area contributed by atoms with Gasteiger partial charge in [-0.2, -0.15) is 0 Å². The molecule has 1 atom stereocenters. The van der Waals surface area contributed by atoms with Crippen LogP contribution >= 0.6 is 0 Å². The Morgan fingerprint density at radius 2 is 1.87 bits per heavy atom. The van der Waals surface area contributed by atoms with Crippen LogP contribution in [0, 0.1) is 17.6 Å². The lowest BCUT2D eigenvalue weighted by molar-refractivity contribution is -0.126. The van der Waals surface area contributed by atoms with E-state index in [1.54, 1.807) is 12.1 Å². The summed E-state index contributed by atoms with van der Waals surface area (Å²) in [6.45, 7) is 0.613. The molecule has 2 aromatic rings. The molecule has 1 aliphatic heterocycles. The maximum absolute atomic E-state index is 13.9. The maximum atomic E-state index is 13.9. The molecule has 1 heterocycles. The molecule has 1 aliphatic rings. The first-order valence-electron chi connectivity index (χ1n) is 9.45. The van der Waals surface area contributed by atoms with Gasteiger partial charge in [0, 0.05) is 37.7 Å². The molecule has 0 aromatic heterocycles. The lowest BCUT2D eigenvalue weighted by atomic mass is 10.1. The molecular formula is C21H21F2N3O4. The minimum atomic E-state index is -0.855. The van der Waals surface area contributed by atoms with E-state index in [2.05, 4.69) is 10.6 Å². The Bertz CT molecular complexity index is 967. The summed E-state index contributed by atoms with van der Waals surface area (Å²) >= 11 is 0. The van der Waals surface area contributed by atoms with Gasteiger partial charge in [-0.05, 0) is 36.8 Å². The molecule has 158 valence electrons. The van der Waals surface area contributed by atoms with Crippen molar-refractivity contribution in [1.29, 1.82) is 0 Å². The van der Waals surface area contributed by atoms with E-state index in [4.69, 9.17) is 0 Å². The summed E-state index contributed by atoms with van der Waals surface area (Å²) in [7, 11) is 0. The molecule has 9 heteroatoms. The second-order valence-corrected chi connectivity index (χ2v) is 6.95. The number of aromatic hydroxyl groups is 1. The Hall–Kier alpha value is -3.49. The number of carbonyl (C=O) groups is 3. The van der Waals surface area contributed by atoms with Gasteiger partial charge in [0.15, 0.2) is 0 Å². The molecule has 1 saturated heterocycles. The quantitative estimate of drug-likeness (QED) is 0.600. The normalized spacial score (nSPS) is 15.9. The van der Waals surface area contributed by atoms with E-state index in [1.165, 1.54) is 18.2 Å². The Morgan fingerprint density at radius 3 is 2.60 bits per heavy atom. The standard InChI is InChI=1S/C21H21F2N3O4/c22-15-5-6-18(17(23)11-15)26-12-14(10-19(26)28)21(30)25-8-2-7-24-20(29)13-3-1-4-16(27)9-13/h1,3-6,9,11,14,27H,2,7-8,10,12H2,(H,24,29)(H,25,30). The van der Waals surface area contributed by atoms with Crippen LogP contribution in [0.2, 0.25) is 0 Å². The van der Waals surface area contributed by atoms with Crippen molar-refractivity contribution in [1.82, 2.24) is 10.6 Å². The number of hydrogen-bond acceptors (Lipinski definition) is 4. The van der Waals surface area contributed by atoms with E-state index in [1.807, 2.05) is 0 Å². The molecule has 0 bridgehead atoms. The summed E-state index contributed by atoms with van der Waals surface area (Å²) < 4.78 is 27.0. The highest BCUT2D eigenvalue weighted by molar-refractivity contribution is 6.00. The molecule has 2 aromatic carbocycles. The number of halogens is 2. The number of nitrogens with one attached hydrogen (secondary N) is 2. The van der Waals surface area contributed by atoms with Gasteiger partial charge in [-0.3, -0.25) is 14.4 Å². The summed E-state index contributed by atoms with van der Waals surface area (Å²) in [5.41, 5.74) is 0.281. The van der Waals surface area contributed by atoms with Crippen LogP contribution in [0.15, 0.2) is 42.5 Å². The van der Waals surface area contributed by atoms with E-state index in [9.17, 15) is 28.3 Å². The van der Waals surface area contributed by atoms with Crippen LogP contribution in [0.3, 0.4) is 0 Å². The van der Waals surface area contributed by atoms with Crippen LogP contribution < -0.4 is 15.5 Å². The Morgan fingerprint density at radius 1 is 1.10 bits per heavy atom. The van der Waals surface area contributed by atoms with E-state index >= 15 is 0 Å². The van der Waals surface area contributed by atoms with Crippen molar-refractivity contribution in [2.45, 2.75) is 12.8 Å². The number of carbonyl (C=O) groups excluding carboxylic acids is 3. The molecule has 0 spiro atoms. The van der Waals surface area contributed by atoms with Gasteiger partial charge in [-0.15, -0.1) is 0 Å². The second kappa shape index (κ2) is 9.34. The third-order valence-corrected chi connectivity index (χ3v) is 4.74. The molecule has 3 N–H and O–H groups in total. The van der Waals surface area contributed by atoms with Crippen molar-refractivity contribution < 1.29 is 28.3 Å². The summed E-state index contributed by atoms with van der Waals surface area (Å²) in [5, 5.41) is 14.8. The average molecular weight is 417 g/mol. The van der Waals surface area contributed by atoms with Crippen molar-refractivity contribution in [3.05, 3.63) is 59.7 Å². The zero-order valence-electron chi connectivity index (χ0n) is 16.0. The van der Waals surface area contributed by atoms with Crippen molar-refractivity contribution in [3.8, 4) is 5.75 Å². The third kappa shape index (κ3) is 5.11. The van der Waals surface area contributed by atoms with Crippen LogP contribution in [0.1, 0.15) is 23.2 Å². The first-order chi connectivity index (χ1) is 14.3. The van der Waals surface area contributed by atoms with Gasteiger partial charge >= 0.3 is 0 Å². The number of phenolic OH excluding ortho intramolecular Hbond substituents is 1. The number of phenols is 1. The smallest absolute Gasteiger partial charge is 0.251 e. The molecule has 1 unspecified atom stereocenters. The van der Waals surface area contributed by atoms with Crippen molar-refractivity contribution >= 4 is 23.4 Å². The fourth-order valence-electron chi connectivity index (χ4n) is 3.21. The van der Waals surface area contributed by atoms with E-state index < -0.39 is 23.5 Å². The van der Waals surface area contributed by atoms with Gasteiger partial charge in [-0.1, -0.05) is 6.07 Å². The molecule has 3 rings (SSSR count). The summed E-state index contributed by atoms with van der Waals surface area (Å²) in [5.74, 6) is -3.32. The monoisotopic (exact) mass is 417 g/mol. The minimum absolute atomic E-state index is 0.00409. The van der Waals surface area contributed by atoms with Gasteiger partial charge < -0.3 is 20.6 Å². The van der Waals surface area contributed by atoms with Crippen LogP contribution in [0.4, 0.5) is 14.5 Å². The first-order valence-corrected chi connectivity index (χ1v) is 9.45. The lowest BCUT2D eigenvalue weighted by Gasteiger charge is -2.17. The molecule has 7 nitrogen and oxygen atoms in total. The maximum Gasteiger partial charge on any atom is 0.251 e. The second-order valence-electron chi connectivity index (χ2n) is 6.95. The third-order valence-electron chi connectivity index (χ3n) is 4.74. The first kappa shape index (κ1) is 21.2. The summed E-state index contributed by atoms with van der Waals surface area (Å²) in [4.78, 5) is 37.6. The number of hydrogen-bond donors (Lipinski definition) is 3. The molecular weight excluding hydrogens is 396 g/mol. The largest absolute Gasteiger partial charge is 0.508 e. The van der Waals surface area contributed by atoms with Crippen molar-refractivity contribution in [3.63, 3.8) is 0 Å². The van der Waals surface area contributed by atoms with Gasteiger partial charge in [0.05, 0.1) is 11.6 Å². The predicted octanol–water partition coefficient (Wildman–Crippen LogP) is 1.96. The number of nitrogens with zero attached hydrogens (tertiary/aromatic N) is 1. The Labute approximate surface area is 171 Å². The fraction of sp³-hybridized carbons (Fsp3) is 0.286. The van der Waals surface area contributed by atoms with Crippen molar-refractivity contribution in [2.24, 2.45) is 5.92 Å².